The predicted octanol–water partition coefficient (Wildman–Crippen LogP) is 2.04. The molecule has 0 bridgehead atoms. The van der Waals surface area contributed by atoms with Gasteiger partial charge >= 0.3 is 0 Å². The predicted molar refractivity (Wildman–Crippen MR) is 57.3 cm³/mol. The Morgan fingerprint density at radius 2 is 2.07 bits per heavy atom. The van der Waals surface area contributed by atoms with Crippen molar-refractivity contribution in [3.8, 4) is 0 Å². The van der Waals surface area contributed by atoms with E-state index in [1.165, 1.54) is 11.1 Å². The molecular weight excluding hydrogens is 174 g/mol. The second kappa shape index (κ2) is 4.11. The van der Waals surface area contributed by atoms with Gasteiger partial charge in [-0.05, 0) is 25.0 Å². The van der Waals surface area contributed by atoms with Crippen LogP contribution in [0.5, 0.6) is 0 Å². The minimum atomic E-state index is 0.421. The number of hydrogen-bond donors (Lipinski definition) is 1. The van der Waals surface area contributed by atoms with Gasteiger partial charge in [-0.2, -0.15) is 0 Å². The molecule has 0 saturated carbocycles. The fourth-order valence-electron chi connectivity index (χ4n) is 1.85. The van der Waals surface area contributed by atoms with E-state index in [4.69, 9.17) is 4.74 Å². The molecule has 1 fully saturated rings. The van der Waals surface area contributed by atoms with Crippen molar-refractivity contribution in [2.45, 2.75) is 25.9 Å². The first-order valence-corrected chi connectivity index (χ1v) is 5.16. The van der Waals surface area contributed by atoms with E-state index in [0.29, 0.717) is 12.1 Å². The van der Waals surface area contributed by atoms with Crippen LogP contribution in [0.4, 0.5) is 0 Å². The van der Waals surface area contributed by atoms with Gasteiger partial charge in [0.15, 0.2) is 0 Å². The van der Waals surface area contributed by atoms with Crippen LogP contribution < -0.4 is 5.32 Å². The molecule has 1 N–H and O–H groups in total. The van der Waals surface area contributed by atoms with Gasteiger partial charge in [-0.1, -0.05) is 24.3 Å². The molecule has 0 unspecified atom stereocenters. The summed E-state index contributed by atoms with van der Waals surface area (Å²) in [4.78, 5) is 0. The molecule has 2 nitrogen and oxygen atoms in total. The SMILES string of the molecule is Cc1ccccc1[C@@H](C)NC1COC1. The molecule has 1 aliphatic rings. The Labute approximate surface area is 85.3 Å². The maximum absolute atomic E-state index is 5.14. The van der Waals surface area contributed by atoms with Crippen LogP contribution >= 0.6 is 0 Å². The first-order valence-electron chi connectivity index (χ1n) is 5.16. The lowest BCUT2D eigenvalue weighted by Crippen LogP contribution is -2.46. The molecule has 1 atom stereocenters. The highest BCUT2D eigenvalue weighted by atomic mass is 16.5. The third-order valence-corrected chi connectivity index (χ3v) is 2.78. The second-order valence-corrected chi connectivity index (χ2v) is 3.98. The third kappa shape index (κ3) is 1.97. The summed E-state index contributed by atoms with van der Waals surface area (Å²) in [6.45, 7) is 6.08. The lowest BCUT2D eigenvalue weighted by molar-refractivity contribution is -0.00927. The number of aryl methyl sites for hydroxylation is 1. The van der Waals surface area contributed by atoms with Crippen molar-refractivity contribution in [3.63, 3.8) is 0 Å². The number of ether oxygens (including phenoxy) is 1. The fourth-order valence-corrected chi connectivity index (χ4v) is 1.85. The highest BCUT2D eigenvalue weighted by Gasteiger charge is 2.20. The van der Waals surface area contributed by atoms with Gasteiger partial charge in [-0.15, -0.1) is 0 Å². The molecule has 0 spiro atoms. The zero-order valence-corrected chi connectivity index (χ0v) is 8.79. The van der Waals surface area contributed by atoms with Crippen LogP contribution in [0.3, 0.4) is 0 Å². The Balaban J connectivity index is 2.02. The molecule has 1 aromatic rings. The Kier molecular flexibility index (Phi) is 2.85. The number of hydrogen-bond acceptors (Lipinski definition) is 2. The van der Waals surface area contributed by atoms with Crippen molar-refractivity contribution in [2.75, 3.05) is 13.2 Å². The summed E-state index contributed by atoms with van der Waals surface area (Å²) < 4.78 is 5.14. The monoisotopic (exact) mass is 191 g/mol. The van der Waals surface area contributed by atoms with Gasteiger partial charge in [-0.25, -0.2) is 0 Å². The third-order valence-electron chi connectivity index (χ3n) is 2.78. The van der Waals surface area contributed by atoms with Crippen molar-refractivity contribution < 1.29 is 4.74 Å². The quantitative estimate of drug-likeness (QED) is 0.789. The van der Waals surface area contributed by atoms with Crippen LogP contribution in [0.25, 0.3) is 0 Å². The summed E-state index contributed by atoms with van der Waals surface area (Å²) in [5, 5.41) is 3.55. The molecule has 76 valence electrons. The average molecular weight is 191 g/mol. The maximum Gasteiger partial charge on any atom is 0.0643 e. The van der Waals surface area contributed by atoms with Crippen LogP contribution in [-0.2, 0) is 4.74 Å². The fraction of sp³-hybridized carbons (Fsp3) is 0.500. The molecule has 2 heteroatoms. The van der Waals surface area contributed by atoms with E-state index in [9.17, 15) is 0 Å². The van der Waals surface area contributed by atoms with Crippen LogP contribution in [0.15, 0.2) is 24.3 Å². The van der Waals surface area contributed by atoms with Crippen LogP contribution in [0, 0.1) is 6.92 Å². The van der Waals surface area contributed by atoms with Crippen molar-refractivity contribution in [1.82, 2.24) is 5.32 Å². The van der Waals surface area contributed by atoms with Crippen LogP contribution in [0.1, 0.15) is 24.1 Å². The van der Waals surface area contributed by atoms with Crippen molar-refractivity contribution in [1.29, 1.82) is 0 Å². The van der Waals surface area contributed by atoms with Crippen molar-refractivity contribution in [3.05, 3.63) is 35.4 Å². The summed E-state index contributed by atoms with van der Waals surface area (Å²) in [6.07, 6.45) is 0. The number of benzene rings is 1. The topological polar surface area (TPSA) is 21.3 Å². The summed E-state index contributed by atoms with van der Waals surface area (Å²) in [5.41, 5.74) is 2.74. The van der Waals surface area contributed by atoms with Gasteiger partial charge < -0.3 is 10.1 Å². The molecule has 0 radical (unpaired) electrons. The first-order chi connectivity index (χ1) is 6.77. The minimum Gasteiger partial charge on any atom is -0.378 e. The van der Waals surface area contributed by atoms with E-state index in [1.54, 1.807) is 0 Å². The van der Waals surface area contributed by atoms with E-state index < -0.39 is 0 Å². The lowest BCUT2D eigenvalue weighted by Gasteiger charge is -2.30. The van der Waals surface area contributed by atoms with E-state index in [-0.39, 0.29) is 0 Å². The largest absolute Gasteiger partial charge is 0.378 e. The maximum atomic E-state index is 5.14. The molecule has 0 amide bonds. The smallest absolute Gasteiger partial charge is 0.0643 e. The van der Waals surface area contributed by atoms with Crippen LogP contribution in [-0.4, -0.2) is 19.3 Å². The van der Waals surface area contributed by atoms with Gasteiger partial charge in [0.1, 0.15) is 0 Å². The van der Waals surface area contributed by atoms with E-state index in [1.807, 2.05) is 0 Å². The average Bonchev–Trinajstić information content (AvgIpc) is 2.12. The molecule has 2 rings (SSSR count). The van der Waals surface area contributed by atoms with Crippen molar-refractivity contribution in [2.24, 2.45) is 0 Å². The zero-order chi connectivity index (χ0) is 9.97. The van der Waals surface area contributed by atoms with Gasteiger partial charge in [0, 0.05) is 6.04 Å². The standard InChI is InChI=1S/C12H17NO/c1-9-5-3-4-6-12(9)10(2)13-11-7-14-8-11/h3-6,10-11,13H,7-8H2,1-2H3/t10-/m1/s1. The Bertz CT molecular complexity index is 307. The second-order valence-electron chi connectivity index (χ2n) is 3.98. The number of rotatable bonds is 3. The Morgan fingerprint density at radius 1 is 1.36 bits per heavy atom. The van der Waals surface area contributed by atoms with E-state index in [0.717, 1.165) is 13.2 Å². The minimum absolute atomic E-state index is 0.421. The summed E-state index contributed by atoms with van der Waals surface area (Å²) >= 11 is 0. The summed E-state index contributed by atoms with van der Waals surface area (Å²) in [6, 6.07) is 9.49. The molecular formula is C12H17NO. The molecule has 1 aromatic carbocycles. The van der Waals surface area contributed by atoms with E-state index in [2.05, 4.69) is 43.4 Å². The lowest BCUT2D eigenvalue weighted by atomic mass is 10.0. The molecule has 0 aliphatic carbocycles. The summed E-state index contributed by atoms with van der Waals surface area (Å²) in [7, 11) is 0. The molecule has 0 aromatic heterocycles. The van der Waals surface area contributed by atoms with Crippen molar-refractivity contribution >= 4 is 0 Å². The summed E-state index contributed by atoms with van der Waals surface area (Å²) in [5.74, 6) is 0. The Hall–Kier alpha value is -0.860. The van der Waals surface area contributed by atoms with Gasteiger partial charge in [0.25, 0.3) is 0 Å². The molecule has 1 aliphatic heterocycles. The molecule has 1 saturated heterocycles. The normalized spacial score (nSPS) is 19.0. The van der Waals surface area contributed by atoms with Crippen LogP contribution in [0.2, 0.25) is 0 Å². The highest BCUT2D eigenvalue weighted by Crippen LogP contribution is 2.18. The highest BCUT2D eigenvalue weighted by molar-refractivity contribution is 5.28. The van der Waals surface area contributed by atoms with Gasteiger partial charge in [0.2, 0.25) is 0 Å². The molecule has 14 heavy (non-hydrogen) atoms. The van der Waals surface area contributed by atoms with E-state index >= 15 is 0 Å². The number of nitrogens with one attached hydrogen (secondary N) is 1. The first kappa shape index (κ1) is 9.69. The van der Waals surface area contributed by atoms with Gasteiger partial charge in [0.05, 0.1) is 19.3 Å². The zero-order valence-electron chi connectivity index (χ0n) is 8.79. The Morgan fingerprint density at radius 3 is 2.64 bits per heavy atom. The van der Waals surface area contributed by atoms with Gasteiger partial charge in [-0.3, -0.25) is 0 Å². The molecule has 1 heterocycles.